The van der Waals surface area contributed by atoms with Crippen LogP contribution in [-0.4, -0.2) is 29.9 Å². The van der Waals surface area contributed by atoms with Crippen molar-refractivity contribution in [1.29, 1.82) is 0 Å². The van der Waals surface area contributed by atoms with Gasteiger partial charge >= 0.3 is 11.7 Å². The Hall–Kier alpha value is -2.44. The molecular formula is C14H17NO6. The molecule has 0 heterocycles. The molecule has 0 saturated carbocycles. The van der Waals surface area contributed by atoms with E-state index in [1.807, 2.05) is 0 Å². The molecule has 21 heavy (non-hydrogen) atoms. The molecule has 0 aliphatic carbocycles. The van der Waals surface area contributed by atoms with Crippen molar-refractivity contribution in [2.24, 2.45) is 5.41 Å². The molecule has 1 rings (SSSR count). The number of Topliss-reactive ketones (excluding diaryl/α,β-unsaturated/α-hetero) is 1. The molecule has 0 spiro atoms. The van der Waals surface area contributed by atoms with Gasteiger partial charge in [-0.2, -0.15) is 0 Å². The Morgan fingerprint density at radius 3 is 2.48 bits per heavy atom. The zero-order chi connectivity index (χ0) is 16.0. The van der Waals surface area contributed by atoms with E-state index in [-0.39, 0.29) is 18.0 Å². The van der Waals surface area contributed by atoms with Crippen LogP contribution in [0.4, 0.5) is 5.69 Å². The molecule has 1 aromatic carbocycles. The minimum Gasteiger partial charge on any atom is -0.479 e. The van der Waals surface area contributed by atoms with Crippen LogP contribution in [0.15, 0.2) is 24.3 Å². The number of para-hydroxylation sites is 2. The van der Waals surface area contributed by atoms with Gasteiger partial charge in [-0.25, -0.2) is 0 Å². The van der Waals surface area contributed by atoms with Gasteiger partial charge in [0.2, 0.25) is 0 Å². The summed E-state index contributed by atoms with van der Waals surface area (Å²) in [5.41, 5.74) is -1.60. The monoisotopic (exact) mass is 295 g/mol. The molecule has 7 nitrogen and oxygen atoms in total. The van der Waals surface area contributed by atoms with Crippen molar-refractivity contribution in [3.05, 3.63) is 34.4 Å². The van der Waals surface area contributed by atoms with E-state index in [2.05, 4.69) is 0 Å². The molecule has 0 aromatic heterocycles. The minimum absolute atomic E-state index is 0.0180. The number of ketones is 1. The second-order valence-electron chi connectivity index (χ2n) is 4.78. The minimum atomic E-state index is -1.36. The quantitative estimate of drug-likeness (QED) is 0.331. The predicted octanol–water partition coefficient (Wildman–Crippen LogP) is 2.13. The Kier molecular flexibility index (Phi) is 5.40. The molecule has 0 unspecified atom stereocenters. The van der Waals surface area contributed by atoms with E-state index in [1.165, 1.54) is 32.0 Å². The van der Waals surface area contributed by atoms with Crippen LogP contribution in [0.5, 0.6) is 5.75 Å². The second-order valence-corrected chi connectivity index (χ2v) is 4.78. The van der Waals surface area contributed by atoms with Crippen LogP contribution in [-0.2, 0) is 14.3 Å². The van der Waals surface area contributed by atoms with Crippen LogP contribution in [0, 0.1) is 15.5 Å². The first-order chi connectivity index (χ1) is 9.80. The van der Waals surface area contributed by atoms with Gasteiger partial charge < -0.3 is 9.47 Å². The van der Waals surface area contributed by atoms with Crippen molar-refractivity contribution in [1.82, 2.24) is 0 Å². The van der Waals surface area contributed by atoms with Crippen molar-refractivity contribution < 1.29 is 24.0 Å². The first-order valence-corrected chi connectivity index (χ1v) is 6.37. The second kappa shape index (κ2) is 6.83. The molecule has 7 heteroatoms. The van der Waals surface area contributed by atoms with Crippen molar-refractivity contribution in [3.8, 4) is 5.75 Å². The summed E-state index contributed by atoms with van der Waals surface area (Å²) >= 11 is 0. The standard InChI is InChI=1S/C14H17NO6/c1-4-20-13(17)14(2,3)12(16)9-21-11-8-6-5-7-10(11)15(18)19/h5-8H,4,9H2,1-3H3. The number of hydrogen-bond donors (Lipinski definition) is 0. The first-order valence-electron chi connectivity index (χ1n) is 6.37. The largest absolute Gasteiger partial charge is 0.479 e. The third-order valence-electron chi connectivity index (χ3n) is 2.90. The third-order valence-corrected chi connectivity index (χ3v) is 2.90. The number of nitro benzene ring substituents is 1. The number of esters is 1. The molecular weight excluding hydrogens is 278 g/mol. The van der Waals surface area contributed by atoms with Gasteiger partial charge in [-0.15, -0.1) is 0 Å². The van der Waals surface area contributed by atoms with E-state index in [9.17, 15) is 19.7 Å². The van der Waals surface area contributed by atoms with Gasteiger partial charge in [-0.05, 0) is 26.8 Å². The fraction of sp³-hybridized carbons (Fsp3) is 0.429. The molecule has 0 N–H and O–H groups in total. The Morgan fingerprint density at radius 1 is 1.29 bits per heavy atom. The molecule has 0 fully saturated rings. The Balaban J connectivity index is 2.78. The van der Waals surface area contributed by atoms with Gasteiger partial charge in [0, 0.05) is 6.07 Å². The molecule has 0 bridgehead atoms. The highest BCUT2D eigenvalue weighted by atomic mass is 16.6. The molecule has 114 valence electrons. The van der Waals surface area contributed by atoms with Crippen molar-refractivity contribution in [3.63, 3.8) is 0 Å². The molecule has 0 aliphatic heterocycles. The Labute approximate surface area is 122 Å². The van der Waals surface area contributed by atoms with E-state index in [0.717, 1.165) is 0 Å². The van der Waals surface area contributed by atoms with E-state index in [4.69, 9.17) is 9.47 Å². The average Bonchev–Trinajstić information content (AvgIpc) is 2.45. The summed E-state index contributed by atoms with van der Waals surface area (Å²) in [5.74, 6) is -1.18. The maximum atomic E-state index is 12.0. The maximum absolute atomic E-state index is 12.0. The summed E-state index contributed by atoms with van der Waals surface area (Å²) in [7, 11) is 0. The Bertz CT molecular complexity index is 552. The van der Waals surface area contributed by atoms with E-state index in [1.54, 1.807) is 13.0 Å². The number of ether oxygens (including phenoxy) is 2. The highest BCUT2D eigenvalue weighted by Crippen LogP contribution is 2.27. The lowest BCUT2D eigenvalue weighted by Crippen LogP contribution is -2.38. The number of nitrogens with zero attached hydrogens (tertiary/aromatic N) is 1. The SMILES string of the molecule is CCOC(=O)C(C)(C)C(=O)COc1ccccc1[N+](=O)[O-]. The maximum Gasteiger partial charge on any atom is 0.319 e. The predicted molar refractivity (Wildman–Crippen MR) is 74.0 cm³/mol. The topological polar surface area (TPSA) is 95.7 Å². The van der Waals surface area contributed by atoms with Crippen LogP contribution in [0.25, 0.3) is 0 Å². The normalized spacial score (nSPS) is 10.8. The van der Waals surface area contributed by atoms with E-state index in [0.29, 0.717) is 0 Å². The van der Waals surface area contributed by atoms with Crippen molar-refractivity contribution >= 4 is 17.4 Å². The van der Waals surface area contributed by atoms with Gasteiger partial charge in [-0.1, -0.05) is 12.1 Å². The highest BCUT2D eigenvalue weighted by molar-refractivity contribution is 6.03. The number of carbonyl (C=O) groups is 2. The number of nitro groups is 1. The lowest BCUT2D eigenvalue weighted by Gasteiger charge is -2.20. The van der Waals surface area contributed by atoms with E-state index < -0.39 is 28.7 Å². The molecule has 0 amide bonds. The van der Waals surface area contributed by atoms with Gasteiger partial charge in [0.15, 0.2) is 11.5 Å². The number of carbonyl (C=O) groups excluding carboxylic acids is 2. The lowest BCUT2D eigenvalue weighted by molar-refractivity contribution is -0.385. The molecule has 0 saturated heterocycles. The summed E-state index contributed by atoms with van der Waals surface area (Å²) in [5, 5.41) is 10.8. The van der Waals surface area contributed by atoms with Crippen LogP contribution in [0.2, 0.25) is 0 Å². The molecule has 0 atom stereocenters. The van der Waals surface area contributed by atoms with Crippen LogP contribution >= 0.6 is 0 Å². The fourth-order valence-electron chi connectivity index (χ4n) is 1.48. The smallest absolute Gasteiger partial charge is 0.319 e. The van der Waals surface area contributed by atoms with Gasteiger partial charge in [-0.3, -0.25) is 19.7 Å². The molecule has 0 radical (unpaired) electrons. The van der Waals surface area contributed by atoms with Crippen LogP contribution in [0.3, 0.4) is 0 Å². The fourth-order valence-corrected chi connectivity index (χ4v) is 1.48. The first kappa shape index (κ1) is 16.6. The van der Waals surface area contributed by atoms with Crippen LogP contribution in [0.1, 0.15) is 20.8 Å². The van der Waals surface area contributed by atoms with Gasteiger partial charge in [0.05, 0.1) is 11.5 Å². The molecule has 1 aromatic rings. The third kappa shape index (κ3) is 4.01. The lowest BCUT2D eigenvalue weighted by atomic mass is 9.88. The van der Waals surface area contributed by atoms with Gasteiger partial charge in [0.1, 0.15) is 12.0 Å². The van der Waals surface area contributed by atoms with Crippen molar-refractivity contribution in [2.45, 2.75) is 20.8 Å². The summed E-state index contributed by atoms with van der Waals surface area (Å²) in [6, 6.07) is 5.72. The van der Waals surface area contributed by atoms with E-state index >= 15 is 0 Å². The summed E-state index contributed by atoms with van der Waals surface area (Å²) < 4.78 is 9.99. The summed E-state index contributed by atoms with van der Waals surface area (Å²) in [4.78, 5) is 33.9. The van der Waals surface area contributed by atoms with Crippen LogP contribution < -0.4 is 4.74 Å². The Morgan fingerprint density at radius 2 is 1.90 bits per heavy atom. The number of hydrogen-bond acceptors (Lipinski definition) is 6. The highest BCUT2D eigenvalue weighted by Gasteiger charge is 2.37. The zero-order valence-electron chi connectivity index (χ0n) is 12.1. The number of rotatable bonds is 7. The molecule has 0 aliphatic rings. The number of benzene rings is 1. The zero-order valence-corrected chi connectivity index (χ0v) is 12.1. The van der Waals surface area contributed by atoms with Crippen molar-refractivity contribution in [2.75, 3.05) is 13.2 Å². The summed E-state index contributed by atoms with van der Waals surface area (Å²) in [6.45, 7) is 4.21. The van der Waals surface area contributed by atoms with Gasteiger partial charge in [0.25, 0.3) is 0 Å². The summed E-state index contributed by atoms with van der Waals surface area (Å²) in [6.07, 6.45) is 0. The average molecular weight is 295 g/mol.